The van der Waals surface area contributed by atoms with Crippen LogP contribution >= 0.6 is 15.9 Å². The average molecular weight is 433 g/mol. The first-order valence-corrected chi connectivity index (χ1v) is 8.36. The molecular formula is C17H13BrN4O5. The molecule has 0 aliphatic heterocycles. The van der Waals surface area contributed by atoms with Crippen LogP contribution in [0.1, 0.15) is 31.2 Å². The van der Waals surface area contributed by atoms with Crippen molar-refractivity contribution in [3.05, 3.63) is 58.0 Å². The number of fused-ring (bicyclic) bond motifs is 1. The number of carbonyl (C=O) groups excluding carboxylic acids is 3. The van der Waals surface area contributed by atoms with Gasteiger partial charge in [0.15, 0.2) is 11.3 Å². The number of amides is 1. The van der Waals surface area contributed by atoms with E-state index in [9.17, 15) is 14.4 Å². The van der Waals surface area contributed by atoms with Crippen LogP contribution < -0.4 is 5.32 Å². The Balaban J connectivity index is 1.98. The Morgan fingerprint density at radius 2 is 1.70 bits per heavy atom. The molecule has 0 aliphatic carbocycles. The standard InChI is InChI=1S/C17H13BrN4O5/c1-26-16(24)9-6-10(17(25)27-2)8-11(7-9)20-15(23)13-12(18)14-19-4-3-5-22(14)21-13/h3-8H,1-2H3,(H,20,23). The van der Waals surface area contributed by atoms with Crippen molar-refractivity contribution in [2.45, 2.75) is 0 Å². The molecule has 10 heteroatoms. The van der Waals surface area contributed by atoms with Crippen LogP contribution in [-0.2, 0) is 9.47 Å². The number of halogens is 1. The number of benzene rings is 1. The lowest BCUT2D eigenvalue weighted by molar-refractivity contribution is 0.0599. The number of carbonyl (C=O) groups is 3. The van der Waals surface area contributed by atoms with Crippen LogP contribution in [-0.4, -0.2) is 46.7 Å². The first-order chi connectivity index (χ1) is 12.9. The predicted molar refractivity (Wildman–Crippen MR) is 97.8 cm³/mol. The van der Waals surface area contributed by atoms with Gasteiger partial charge in [0.25, 0.3) is 5.91 Å². The smallest absolute Gasteiger partial charge is 0.337 e. The highest BCUT2D eigenvalue weighted by molar-refractivity contribution is 9.10. The van der Waals surface area contributed by atoms with Crippen molar-refractivity contribution in [3.8, 4) is 0 Å². The zero-order valence-electron chi connectivity index (χ0n) is 14.2. The van der Waals surface area contributed by atoms with Gasteiger partial charge in [0.05, 0.1) is 29.8 Å². The summed E-state index contributed by atoms with van der Waals surface area (Å²) >= 11 is 3.31. The molecule has 0 spiro atoms. The molecule has 0 fully saturated rings. The second-order valence-electron chi connectivity index (χ2n) is 5.29. The van der Waals surface area contributed by atoms with E-state index in [1.807, 2.05) is 0 Å². The van der Waals surface area contributed by atoms with Crippen LogP contribution in [0, 0.1) is 0 Å². The third kappa shape index (κ3) is 3.65. The van der Waals surface area contributed by atoms with E-state index < -0.39 is 17.8 Å². The zero-order chi connectivity index (χ0) is 19.6. The lowest BCUT2D eigenvalue weighted by Gasteiger charge is -2.09. The Morgan fingerprint density at radius 1 is 1.07 bits per heavy atom. The van der Waals surface area contributed by atoms with Gasteiger partial charge in [-0.25, -0.2) is 19.1 Å². The Morgan fingerprint density at radius 3 is 2.26 bits per heavy atom. The number of nitrogens with one attached hydrogen (secondary N) is 1. The molecule has 138 valence electrons. The van der Waals surface area contributed by atoms with Gasteiger partial charge in [-0.3, -0.25) is 4.79 Å². The summed E-state index contributed by atoms with van der Waals surface area (Å²) in [5.74, 6) is -1.87. The summed E-state index contributed by atoms with van der Waals surface area (Å²) in [7, 11) is 2.43. The minimum atomic E-state index is -0.658. The molecule has 0 saturated heterocycles. The van der Waals surface area contributed by atoms with E-state index in [1.165, 1.54) is 36.9 Å². The summed E-state index contributed by atoms with van der Waals surface area (Å²) in [6, 6.07) is 5.77. The lowest BCUT2D eigenvalue weighted by Crippen LogP contribution is -2.15. The lowest BCUT2D eigenvalue weighted by atomic mass is 10.1. The molecule has 3 rings (SSSR count). The van der Waals surface area contributed by atoms with Gasteiger partial charge >= 0.3 is 11.9 Å². The number of hydrogen-bond donors (Lipinski definition) is 1. The molecule has 2 heterocycles. The topological polar surface area (TPSA) is 112 Å². The number of aromatic nitrogens is 3. The molecule has 27 heavy (non-hydrogen) atoms. The Labute approximate surface area is 161 Å². The maximum absolute atomic E-state index is 12.6. The summed E-state index contributed by atoms with van der Waals surface area (Å²) in [5, 5.41) is 6.78. The zero-order valence-corrected chi connectivity index (χ0v) is 15.8. The minimum Gasteiger partial charge on any atom is -0.465 e. The molecule has 0 radical (unpaired) electrons. The maximum atomic E-state index is 12.6. The van der Waals surface area contributed by atoms with E-state index in [0.29, 0.717) is 10.1 Å². The van der Waals surface area contributed by atoms with Gasteiger partial charge in [-0.15, -0.1) is 0 Å². The van der Waals surface area contributed by atoms with Gasteiger partial charge in [-0.1, -0.05) is 0 Å². The molecule has 9 nitrogen and oxygen atoms in total. The van der Waals surface area contributed by atoms with Gasteiger partial charge < -0.3 is 14.8 Å². The van der Waals surface area contributed by atoms with Crippen LogP contribution in [0.2, 0.25) is 0 Å². The Bertz CT molecular complexity index is 1030. The average Bonchev–Trinajstić information content (AvgIpc) is 3.03. The number of ether oxygens (including phenoxy) is 2. The fourth-order valence-corrected chi connectivity index (χ4v) is 2.91. The third-order valence-corrected chi connectivity index (χ3v) is 4.32. The molecule has 0 bridgehead atoms. The van der Waals surface area contributed by atoms with Gasteiger partial charge in [-0.2, -0.15) is 5.10 Å². The Kier molecular flexibility index (Phi) is 5.17. The monoisotopic (exact) mass is 432 g/mol. The van der Waals surface area contributed by atoms with Crippen molar-refractivity contribution in [1.82, 2.24) is 14.6 Å². The minimum absolute atomic E-state index is 0.0893. The first kappa shape index (κ1) is 18.5. The number of anilines is 1. The highest BCUT2D eigenvalue weighted by Gasteiger charge is 2.20. The predicted octanol–water partition coefficient (Wildman–Crippen LogP) is 2.32. The highest BCUT2D eigenvalue weighted by atomic mass is 79.9. The van der Waals surface area contributed by atoms with Gasteiger partial charge in [0.2, 0.25) is 0 Å². The second kappa shape index (κ2) is 7.54. The molecule has 1 amide bonds. The molecule has 1 N–H and O–H groups in total. The first-order valence-electron chi connectivity index (χ1n) is 7.56. The van der Waals surface area contributed by atoms with Crippen LogP contribution in [0.15, 0.2) is 41.1 Å². The molecule has 1 aromatic carbocycles. The molecular weight excluding hydrogens is 420 g/mol. The number of hydrogen-bond acceptors (Lipinski definition) is 7. The molecule has 0 saturated carbocycles. The molecule has 0 aliphatic rings. The number of esters is 2. The van der Waals surface area contributed by atoms with E-state index in [0.717, 1.165) is 0 Å². The molecule has 2 aromatic heterocycles. The van der Waals surface area contributed by atoms with E-state index in [2.05, 4.69) is 40.8 Å². The Hall–Kier alpha value is -3.27. The summed E-state index contributed by atoms with van der Waals surface area (Å²) < 4.78 is 11.2. The van der Waals surface area contributed by atoms with Gasteiger partial charge in [-0.05, 0) is 40.2 Å². The van der Waals surface area contributed by atoms with Crippen molar-refractivity contribution >= 4 is 45.1 Å². The number of rotatable bonds is 4. The van der Waals surface area contributed by atoms with E-state index >= 15 is 0 Å². The van der Waals surface area contributed by atoms with Crippen LogP contribution in [0.3, 0.4) is 0 Å². The molecule has 0 unspecified atom stereocenters. The third-order valence-electron chi connectivity index (χ3n) is 3.59. The van der Waals surface area contributed by atoms with E-state index in [-0.39, 0.29) is 22.5 Å². The fourth-order valence-electron chi connectivity index (χ4n) is 2.37. The summed E-state index contributed by atoms with van der Waals surface area (Å²) in [6.07, 6.45) is 3.23. The fraction of sp³-hybridized carbons (Fsp3) is 0.118. The van der Waals surface area contributed by atoms with Crippen molar-refractivity contribution in [2.24, 2.45) is 0 Å². The second-order valence-corrected chi connectivity index (χ2v) is 6.08. The molecule has 3 aromatic rings. The largest absolute Gasteiger partial charge is 0.465 e. The maximum Gasteiger partial charge on any atom is 0.337 e. The number of methoxy groups -OCH3 is 2. The van der Waals surface area contributed by atoms with Crippen molar-refractivity contribution in [1.29, 1.82) is 0 Å². The van der Waals surface area contributed by atoms with Crippen molar-refractivity contribution < 1.29 is 23.9 Å². The SMILES string of the molecule is COC(=O)c1cc(NC(=O)c2nn3cccnc3c2Br)cc(C(=O)OC)c1. The summed E-state index contributed by atoms with van der Waals surface area (Å²) in [4.78, 5) is 40.4. The van der Waals surface area contributed by atoms with Gasteiger partial charge in [0.1, 0.15) is 0 Å². The normalized spacial score (nSPS) is 10.5. The van der Waals surface area contributed by atoms with Crippen LogP contribution in [0.25, 0.3) is 5.65 Å². The van der Waals surface area contributed by atoms with E-state index in [4.69, 9.17) is 0 Å². The van der Waals surface area contributed by atoms with Gasteiger partial charge in [0, 0.05) is 18.1 Å². The summed E-state index contributed by atoms with van der Waals surface area (Å²) in [5.41, 5.74) is 0.955. The summed E-state index contributed by atoms with van der Waals surface area (Å²) in [6.45, 7) is 0. The highest BCUT2D eigenvalue weighted by Crippen LogP contribution is 2.23. The van der Waals surface area contributed by atoms with Crippen LogP contribution in [0.4, 0.5) is 5.69 Å². The van der Waals surface area contributed by atoms with Crippen molar-refractivity contribution in [3.63, 3.8) is 0 Å². The van der Waals surface area contributed by atoms with E-state index in [1.54, 1.807) is 18.5 Å². The van der Waals surface area contributed by atoms with Crippen molar-refractivity contribution in [2.75, 3.05) is 19.5 Å². The van der Waals surface area contributed by atoms with Crippen LogP contribution in [0.5, 0.6) is 0 Å². The quantitative estimate of drug-likeness (QED) is 0.629. The molecule has 0 atom stereocenters. The number of nitrogens with zero attached hydrogens (tertiary/aromatic N) is 3.